The van der Waals surface area contributed by atoms with Gasteiger partial charge < -0.3 is 5.32 Å². The predicted molar refractivity (Wildman–Crippen MR) is 82.0 cm³/mol. The zero-order valence-electron chi connectivity index (χ0n) is 12.5. The Morgan fingerprint density at radius 3 is 2.29 bits per heavy atom. The van der Waals surface area contributed by atoms with Gasteiger partial charge in [0, 0.05) is 26.2 Å². The summed E-state index contributed by atoms with van der Waals surface area (Å²) in [5, 5.41) is 3.13. The first kappa shape index (κ1) is 17.1. The van der Waals surface area contributed by atoms with Crippen molar-refractivity contribution in [3.63, 3.8) is 0 Å². The summed E-state index contributed by atoms with van der Waals surface area (Å²) in [6, 6.07) is 0. The molecule has 0 saturated carbocycles. The van der Waals surface area contributed by atoms with E-state index in [1.165, 1.54) is 8.61 Å². The Bertz CT molecular complexity index is 539. The maximum absolute atomic E-state index is 12.6. The van der Waals surface area contributed by atoms with E-state index < -0.39 is 20.0 Å². The molecule has 0 unspecified atom stereocenters. The van der Waals surface area contributed by atoms with E-state index in [2.05, 4.69) is 5.32 Å². The van der Waals surface area contributed by atoms with Crippen LogP contribution in [0.1, 0.15) is 19.3 Å². The van der Waals surface area contributed by atoms with Crippen LogP contribution in [-0.2, 0) is 20.0 Å². The molecule has 0 aliphatic carbocycles. The average Bonchev–Trinajstić information content (AvgIpc) is 2.61. The van der Waals surface area contributed by atoms with Gasteiger partial charge in [-0.05, 0) is 38.8 Å². The van der Waals surface area contributed by atoms with Crippen molar-refractivity contribution < 1.29 is 16.8 Å². The van der Waals surface area contributed by atoms with Crippen LogP contribution in [0.25, 0.3) is 0 Å². The fourth-order valence-corrected chi connectivity index (χ4v) is 6.01. The van der Waals surface area contributed by atoms with Crippen molar-refractivity contribution in [1.82, 2.24) is 13.9 Å². The maximum atomic E-state index is 12.6. The largest absolute Gasteiger partial charge is 0.319 e. The quantitative estimate of drug-likeness (QED) is 0.731. The van der Waals surface area contributed by atoms with Crippen LogP contribution in [-0.4, -0.2) is 76.7 Å². The Kier molecular flexibility index (Phi) is 5.64. The molecule has 0 aromatic rings. The molecule has 2 aliphatic heterocycles. The van der Waals surface area contributed by atoms with Crippen molar-refractivity contribution in [1.29, 1.82) is 0 Å². The Morgan fingerprint density at radius 2 is 1.67 bits per heavy atom. The first-order chi connectivity index (χ1) is 9.85. The third kappa shape index (κ3) is 4.38. The van der Waals surface area contributed by atoms with Crippen molar-refractivity contribution >= 4 is 20.0 Å². The van der Waals surface area contributed by atoms with Crippen molar-refractivity contribution in [2.45, 2.75) is 19.3 Å². The van der Waals surface area contributed by atoms with Crippen LogP contribution in [0, 0.1) is 5.92 Å². The summed E-state index contributed by atoms with van der Waals surface area (Å²) in [5.74, 6) is 0.539. The van der Waals surface area contributed by atoms with E-state index in [0.717, 1.165) is 19.4 Å². The van der Waals surface area contributed by atoms with Gasteiger partial charge in [0.15, 0.2) is 9.84 Å². The summed E-state index contributed by atoms with van der Waals surface area (Å²) >= 11 is 0. The topological polar surface area (TPSA) is 86.8 Å². The highest BCUT2D eigenvalue weighted by Gasteiger charge is 2.34. The fourth-order valence-electron chi connectivity index (χ4n) is 2.94. The predicted octanol–water partition coefficient (Wildman–Crippen LogP) is -0.717. The molecule has 2 heterocycles. The zero-order chi connectivity index (χ0) is 15.5. The van der Waals surface area contributed by atoms with E-state index in [9.17, 15) is 16.8 Å². The van der Waals surface area contributed by atoms with Gasteiger partial charge in [-0.3, -0.25) is 0 Å². The highest BCUT2D eigenvalue weighted by molar-refractivity contribution is 7.91. The molecule has 7 nitrogen and oxygen atoms in total. The standard InChI is InChI=1S/C12H25N3O4S2/c1-13-11-12-3-6-15(7-4-12)21(18,19)14-5-2-9-20(16,17)10-8-14/h12-13H,2-11H2,1H3. The molecule has 0 radical (unpaired) electrons. The lowest BCUT2D eigenvalue weighted by molar-refractivity contribution is 0.253. The van der Waals surface area contributed by atoms with E-state index in [4.69, 9.17) is 0 Å². The van der Waals surface area contributed by atoms with Gasteiger partial charge in [0.1, 0.15) is 0 Å². The second-order valence-corrected chi connectivity index (χ2v) is 10.0. The number of hydrogen-bond donors (Lipinski definition) is 1. The summed E-state index contributed by atoms with van der Waals surface area (Å²) in [6.07, 6.45) is 2.09. The molecule has 0 atom stereocenters. The van der Waals surface area contributed by atoms with E-state index in [-0.39, 0.29) is 18.1 Å². The molecule has 0 bridgehead atoms. The molecule has 0 amide bonds. The van der Waals surface area contributed by atoms with Gasteiger partial charge >= 0.3 is 0 Å². The summed E-state index contributed by atoms with van der Waals surface area (Å²) in [7, 11) is -4.70. The molecular formula is C12H25N3O4S2. The third-order valence-corrected chi connectivity index (χ3v) is 7.98. The minimum Gasteiger partial charge on any atom is -0.319 e. The van der Waals surface area contributed by atoms with Gasteiger partial charge in [-0.2, -0.15) is 17.0 Å². The SMILES string of the molecule is CNCC1CCN(S(=O)(=O)N2CCCS(=O)(=O)CC2)CC1. The minimum absolute atomic E-state index is 0.0670. The number of rotatable bonds is 4. The monoisotopic (exact) mass is 339 g/mol. The molecule has 2 rings (SSSR count). The number of piperidine rings is 1. The van der Waals surface area contributed by atoms with Crippen LogP contribution in [0.5, 0.6) is 0 Å². The first-order valence-electron chi connectivity index (χ1n) is 7.45. The van der Waals surface area contributed by atoms with E-state index in [0.29, 0.717) is 32.0 Å². The van der Waals surface area contributed by atoms with Crippen molar-refractivity contribution in [3.8, 4) is 0 Å². The Labute approximate surface area is 127 Å². The lowest BCUT2D eigenvalue weighted by Gasteiger charge is -2.34. The second-order valence-electron chi connectivity index (χ2n) is 5.81. The number of hydrogen-bond acceptors (Lipinski definition) is 5. The van der Waals surface area contributed by atoms with Crippen LogP contribution in [0.2, 0.25) is 0 Å². The van der Waals surface area contributed by atoms with Gasteiger partial charge in [-0.1, -0.05) is 0 Å². The summed E-state index contributed by atoms with van der Waals surface area (Å²) in [4.78, 5) is 0. The summed E-state index contributed by atoms with van der Waals surface area (Å²) in [6.45, 7) is 2.35. The van der Waals surface area contributed by atoms with E-state index in [1.807, 2.05) is 7.05 Å². The molecular weight excluding hydrogens is 314 g/mol. The summed E-state index contributed by atoms with van der Waals surface area (Å²) < 4.78 is 51.3. The fraction of sp³-hybridized carbons (Fsp3) is 1.00. The Morgan fingerprint density at radius 1 is 1.05 bits per heavy atom. The van der Waals surface area contributed by atoms with Crippen LogP contribution in [0.3, 0.4) is 0 Å². The van der Waals surface area contributed by atoms with Crippen molar-refractivity contribution in [2.24, 2.45) is 5.92 Å². The molecule has 2 aliphatic rings. The second kappa shape index (κ2) is 6.91. The normalized spacial score (nSPS) is 26.5. The van der Waals surface area contributed by atoms with Crippen LogP contribution in [0.15, 0.2) is 0 Å². The summed E-state index contributed by atoms with van der Waals surface area (Å²) in [5.41, 5.74) is 0. The van der Waals surface area contributed by atoms with Gasteiger partial charge in [-0.15, -0.1) is 0 Å². The molecule has 21 heavy (non-hydrogen) atoms. The molecule has 0 aromatic carbocycles. The molecule has 124 valence electrons. The van der Waals surface area contributed by atoms with Crippen LogP contribution >= 0.6 is 0 Å². The van der Waals surface area contributed by atoms with Gasteiger partial charge in [-0.25, -0.2) is 8.42 Å². The lowest BCUT2D eigenvalue weighted by atomic mass is 9.98. The minimum atomic E-state index is -3.52. The smallest absolute Gasteiger partial charge is 0.282 e. The number of nitrogens with zero attached hydrogens (tertiary/aromatic N) is 2. The lowest BCUT2D eigenvalue weighted by Crippen LogP contribution is -2.48. The van der Waals surface area contributed by atoms with Gasteiger partial charge in [0.2, 0.25) is 0 Å². The number of sulfone groups is 1. The Balaban J connectivity index is 1.99. The Hall–Kier alpha value is -0.220. The third-order valence-electron chi connectivity index (χ3n) is 4.23. The molecule has 1 N–H and O–H groups in total. The van der Waals surface area contributed by atoms with Crippen molar-refractivity contribution in [3.05, 3.63) is 0 Å². The maximum Gasteiger partial charge on any atom is 0.282 e. The van der Waals surface area contributed by atoms with E-state index in [1.54, 1.807) is 0 Å². The van der Waals surface area contributed by atoms with E-state index >= 15 is 0 Å². The zero-order valence-corrected chi connectivity index (χ0v) is 14.1. The molecule has 0 aromatic heterocycles. The number of nitrogens with one attached hydrogen (secondary N) is 1. The van der Waals surface area contributed by atoms with Crippen LogP contribution < -0.4 is 5.32 Å². The highest BCUT2D eigenvalue weighted by atomic mass is 32.2. The molecule has 0 spiro atoms. The molecule has 2 fully saturated rings. The van der Waals surface area contributed by atoms with Crippen LogP contribution in [0.4, 0.5) is 0 Å². The first-order valence-corrected chi connectivity index (χ1v) is 10.7. The average molecular weight is 339 g/mol. The van der Waals surface area contributed by atoms with Gasteiger partial charge in [0.05, 0.1) is 11.5 Å². The highest BCUT2D eigenvalue weighted by Crippen LogP contribution is 2.22. The molecule has 9 heteroatoms. The van der Waals surface area contributed by atoms with Gasteiger partial charge in [0.25, 0.3) is 10.2 Å². The van der Waals surface area contributed by atoms with Crippen molar-refractivity contribution in [2.75, 3.05) is 51.3 Å². The molecule has 2 saturated heterocycles.